The fourth-order valence-electron chi connectivity index (χ4n) is 2.97. The maximum absolute atomic E-state index is 9.13. The molecule has 0 spiro atoms. The van der Waals surface area contributed by atoms with Gasteiger partial charge in [0, 0.05) is 0 Å². The molecule has 0 saturated carbocycles. The molecule has 3 heteroatoms. The third-order valence-corrected chi connectivity index (χ3v) is 23.5. The van der Waals surface area contributed by atoms with Crippen molar-refractivity contribution in [1.82, 2.24) is 0 Å². The average Bonchev–Trinajstić information content (AvgIpc) is 2.96. The van der Waals surface area contributed by atoms with Crippen molar-refractivity contribution >= 4 is 32.6 Å². The Labute approximate surface area is 133 Å². The molecule has 0 aliphatic carbocycles. The molecule has 112 valence electrons. The van der Waals surface area contributed by atoms with Gasteiger partial charge in [-0.15, -0.1) is 0 Å². The molecule has 1 heterocycles. The Kier molecular flexibility index (Phi) is 8.88. The first-order chi connectivity index (χ1) is 9.72. The van der Waals surface area contributed by atoms with Crippen molar-refractivity contribution in [3.8, 4) is 6.07 Å². The zero-order chi connectivity index (χ0) is 14.8. The van der Waals surface area contributed by atoms with Gasteiger partial charge in [-0.05, 0) is 0 Å². The number of hydrogen-bond acceptors (Lipinski definition) is 2. The van der Waals surface area contributed by atoms with Gasteiger partial charge in [0.2, 0.25) is 0 Å². The summed E-state index contributed by atoms with van der Waals surface area (Å²) < 4.78 is 6.16. The molecule has 1 aromatic heterocycles. The summed E-state index contributed by atoms with van der Waals surface area (Å²) in [5.74, 6) is 0. The standard InChI is InChI=1S/C5H2NS.3C4H9.Sn/c6-4-5-2-1-3-7-5;3*1-3-4-2;/h1-2H;3*1,3-4H2,2H3;. The molecular weight excluding hydrogens is 369 g/mol. The van der Waals surface area contributed by atoms with Crippen molar-refractivity contribution in [1.29, 1.82) is 5.26 Å². The number of nitrogens with zero attached hydrogens (tertiary/aromatic N) is 1. The molecule has 1 rings (SSSR count). The van der Waals surface area contributed by atoms with Crippen LogP contribution in [0, 0.1) is 11.3 Å². The van der Waals surface area contributed by atoms with Crippen LogP contribution in [0.3, 0.4) is 0 Å². The van der Waals surface area contributed by atoms with Crippen LogP contribution in [0.1, 0.15) is 64.2 Å². The topological polar surface area (TPSA) is 23.8 Å². The molecule has 0 aliphatic heterocycles. The minimum absolute atomic E-state index is 0.922. The van der Waals surface area contributed by atoms with Gasteiger partial charge in [-0.2, -0.15) is 0 Å². The molecular formula is C17H29NSSn. The van der Waals surface area contributed by atoms with E-state index in [4.69, 9.17) is 5.26 Å². The first-order valence-corrected chi connectivity index (χ1v) is 16.5. The quantitative estimate of drug-likeness (QED) is 0.466. The van der Waals surface area contributed by atoms with Gasteiger partial charge in [-0.25, -0.2) is 0 Å². The third-order valence-electron chi connectivity index (χ3n) is 4.27. The Morgan fingerprint density at radius 3 is 1.80 bits per heavy atom. The third kappa shape index (κ3) is 5.07. The van der Waals surface area contributed by atoms with Crippen molar-refractivity contribution in [3.05, 3.63) is 17.0 Å². The molecule has 0 aliphatic rings. The second-order valence-electron chi connectivity index (χ2n) is 5.87. The Morgan fingerprint density at radius 2 is 1.45 bits per heavy atom. The van der Waals surface area contributed by atoms with Gasteiger partial charge in [-0.1, -0.05) is 0 Å². The second kappa shape index (κ2) is 9.84. The second-order valence-corrected chi connectivity index (χ2v) is 21.1. The molecule has 0 unspecified atom stereocenters. The van der Waals surface area contributed by atoms with Crippen molar-refractivity contribution in [2.45, 2.75) is 72.6 Å². The first kappa shape index (κ1) is 18.0. The van der Waals surface area contributed by atoms with E-state index < -0.39 is 18.4 Å². The molecule has 0 saturated heterocycles. The normalized spacial score (nSPS) is 11.5. The Balaban J connectivity index is 3.01. The number of unbranched alkanes of at least 4 members (excludes halogenated alkanes) is 3. The van der Waals surface area contributed by atoms with E-state index in [-0.39, 0.29) is 0 Å². The zero-order valence-electron chi connectivity index (χ0n) is 13.4. The van der Waals surface area contributed by atoms with Gasteiger partial charge in [-0.3, -0.25) is 0 Å². The van der Waals surface area contributed by atoms with E-state index in [1.807, 2.05) is 11.3 Å². The summed E-state index contributed by atoms with van der Waals surface area (Å²) in [4.78, 5) is 0.922. The molecule has 20 heavy (non-hydrogen) atoms. The molecule has 0 amide bonds. The van der Waals surface area contributed by atoms with Crippen LogP contribution in [0.25, 0.3) is 0 Å². The number of nitriles is 1. The van der Waals surface area contributed by atoms with Gasteiger partial charge in [0.15, 0.2) is 0 Å². The zero-order valence-corrected chi connectivity index (χ0v) is 17.0. The van der Waals surface area contributed by atoms with Crippen LogP contribution in [-0.4, -0.2) is 18.4 Å². The van der Waals surface area contributed by atoms with Gasteiger partial charge in [0.1, 0.15) is 0 Å². The SMILES string of the molecule is CCC[CH2][Sn]([CH2]CCC)([CH2]CCC)[c]1ccc(C#N)s1. The van der Waals surface area contributed by atoms with E-state index >= 15 is 0 Å². The fourth-order valence-corrected chi connectivity index (χ4v) is 22.9. The summed E-state index contributed by atoms with van der Waals surface area (Å²) in [6.07, 6.45) is 8.12. The fraction of sp³-hybridized carbons (Fsp3) is 0.706. The summed E-state index contributed by atoms with van der Waals surface area (Å²) in [5.41, 5.74) is 0. The van der Waals surface area contributed by atoms with Crippen molar-refractivity contribution in [2.24, 2.45) is 0 Å². The van der Waals surface area contributed by atoms with Gasteiger partial charge < -0.3 is 0 Å². The van der Waals surface area contributed by atoms with Crippen LogP contribution in [0.15, 0.2) is 12.1 Å². The van der Waals surface area contributed by atoms with E-state index in [2.05, 4.69) is 39.0 Å². The first-order valence-electron chi connectivity index (χ1n) is 8.22. The van der Waals surface area contributed by atoms with E-state index in [0.29, 0.717) is 0 Å². The Morgan fingerprint density at radius 1 is 0.950 bits per heavy atom. The van der Waals surface area contributed by atoms with E-state index in [0.717, 1.165) is 4.88 Å². The molecule has 0 fully saturated rings. The van der Waals surface area contributed by atoms with Crippen LogP contribution in [0.5, 0.6) is 0 Å². The van der Waals surface area contributed by atoms with Gasteiger partial charge in [0.25, 0.3) is 0 Å². The predicted molar refractivity (Wildman–Crippen MR) is 93.6 cm³/mol. The van der Waals surface area contributed by atoms with Gasteiger partial charge in [0.05, 0.1) is 0 Å². The summed E-state index contributed by atoms with van der Waals surface area (Å²) in [6.45, 7) is 6.93. The molecule has 1 aromatic rings. The van der Waals surface area contributed by atoms with Crippen molar-refractivity contribution in [3.63, 3.8) is 0 Å². The summed E-state index contributed by atoms with van der Waals surface area (Å²) in [7, 11) is 0. The Bertz CT molecular complexity index is 397. The van der Waals surface area contributed by atoms with Crippen LogP contribution < -0.4 is 2.89 Å². The maximum atomic E-state index is 9.13. The van der Waals surface area contributed by atoms with E-state index in [1.54, 1.807) is 2.89 Å². The number of hydrogen-bond donors (Lipinski definition) is 0. The van der Waals surface area contributed by atoms with Crippen LogP contribution in [0.2, 0.25) is 13.3 Å². The Hall–Kier alpha value is -0.0113. The van der Waals surface area contributed by atoms with Crippen molar-refractivity contribution in [2.75, 3.05) is 0 Å². The average molecular weight is 398 g/mol. The number of rotatable bonds is 10. The predicted octanol–water partition coefficient (Wildman–Crippen LogP) is 5.68. The summed E-state index contributed by atoms with van der Waals surface area (Å²) in [5, 5.41) is 9.13. The molecule has 0 aromatic carbocycles. The monoisotopic (exact) mass is 399 g/mol. The van der Waals surface area contributed by atoms with Crippen LogP contribution >= 0.6 is 11.3 Å². The van der Waals surface area contributed by atoms with Crippen LogP contribution in [0.4, 0.5) is 0 Å². The van der Waals surface area contributed by atoms with Gasteiger partial charge >= 0.3 is 134 Å². The van der Waals surface area contributed by atoms with Crippen molar-refractivity contribution < 1.29 is 0 Å². The molecule has 0 atom stereocenters. The van der Waals surface area contributed by atoms with E-state index in [9.17, 15) is 0 Å². The number of thiophene rings is 1. The molecule has 0 N–H and O–H groups in total. The summed E-state index contributed by atoms with van der Waals surface area (Å²) in [6, 6.07) is 6.72. The molecule has 1 nitrogen and oxygen atoms in total. The molecule has 0 bridgehead atoms. The van der Waals surface area contributed by atoms with Crippen LogP contribution in [-0.2, 0) is 0 Å². The minimum atomic E-state index is -2.23. The van der Waals surface area contributed by atoms with E-state index in [1.165, 1.54) is 51.8 Å². The molecule has 0 radical (unpaired) electrons. The summed E-state index contributed by atoms with van der Waals surface area (Å²) >= 11 is -0.408.